The zero-order valence-corrected chi connectivity index (χ0v) is 16.2. The van der Waals surface area contributed by atoms with Gasteiger partial charge >= 0.3 is 11.9 Å². The molecule has 0 spiro atoms. The Morgan fingerprint density at radius 3 is 2.36 bits per heavy atom. The van der Waals surface area contributed by atoms with Crippen molar-refractivity contribution in [3.63, 3.8) is 0 Å². The summed E-state index contributed by atoms with van der Waals surface area (Å²) in [5.74, 6) is -3.17. The lowest BCUT2D eigenvalue weighted by molar-refractivity contribution is -0.172. The van der Waals surface area contributed by atoms with E-state index in [0.717, 1.165) is 0 Å². The van der Waals surface area contributed by atoms with E-state index < -0.39 is 53.6 Å². The molecule has 0 radical (unpaired) electrons. The van der Waals surface area contributed by atoms with Crippen LogP contribution in [0.1, 0.15) is 13.3 Å². The molecular weight excluding hydrogens is 368 g/mol. The fourth-order valence-corrected chi connectivity index (χ4v) is 3.94. The van der Waals surface area contributed by atoms with Crippen LogP contribution in [0, 0.1) is 17.3 Å². The second-order valence-electron chi connectivity index (χ2n) is 7.63. The van der Waals surface area contributed by atoms with Gasteiger partial charge in [-0.2, -0.15) is 0 Å². The minimum Gasteiger partial charge on any atom is -0.466 e. The van der Waals surface area contributed by atoms with Gasteiger partial charge in [0.15, 0.2) is 0 Å². The average Bonchev–Trinajstić information content (AvgIpc) is 3.47. The summed E-state index contributed by atoms with van der Waals surface area (Å²) < 4.78 is 15.3. The SMILES string of the molecule is C=C[C@]1(C)C[C@H](OC(=O)[C@@]2(CO)CO2)[C@@H](C(=C)C(=O)OC)[C@H](O)[C@H]1C(=C)CO. The van der Waals surface area contributed by atoms with Crippen LogP contribution in [0.3, 0.4) is 0 Å². The zero-order valence-electron chi connectivity index (χ0n) is 16.2. The van der Waals surface area contributed by atoms with Gasteiger partial charge in [0.1, 0.15) is 6.10 Å². The number of carbonyl (C=O) groups is 2. The van der Waals surface area contributed by atoms with Crippen molar-refractivity contribution in [2.75, 3.05) is 26.9 Å². The Bertz CT molecular complexity index is 680. The highest BCUT2D eigenvalue weighted by Gasteiger charge is 2.58. The van der Waals surface area contributed by atoms with Gasteiger partial charge in [0.05, 0.1) is 39.0 Å². The van der Waals surface area contributed by atoms with Crippen molar-refractivity contribution in [3.8, 4) is 0 Å². The van der Waals surface area contributed by atoms with Crippen molar-refractivity contribution in [3.05, 3.63) is 37.0 Å². The smallest absolute Gasteiger partial charge is 0.343 e. The van der Waals surface area contributed by atoms with Crippen LogP contribution in [0.4, 0.5) is 0 Å². The predicted molar refractivity (Wildman–Crippen MR) is 98.9 cm³/mol. The summed E-state index contributed by atoms with van der Waals surface area (Å²) in [5.41, 5.74) is -1.89. The summed E-state index contributed by atoms with van der Waals surface area (Å²) in [6, 6.07) is 0. The largest absolute Gasteiger partial charge is 0.466 e. The van der Waals surface area contributed by atoms with E-state index in [4.69, 9.17) is 14.2 Å². The number of carbonyl (C=O) groups excluding carboxylic acids is 2. The number of aliphatic hydroxyl groups is 3. The fraction of sp³-hybridized carbons (Fsp3) is 0.600. The van der Waals surface area contributed by atoms with Gasteiger partial charge in [-0.1, -0.05) is 26.2 Å². The number of methoxy groups -OCH3 is 1. The topological polar surface area (TPSA) is 126 Å². The highest BCUT2D eigenvalue weighted by molar-refractivity contribution is 5.89. The normalized spacial score (nSPS) is 36.9. The number of ether oxygens (including phenoxy) is 3. The summed E-state index contributed by atoms with van der Waals surface area (Å²) in [7, 11) is 1.18. The molecule has 3 N–H and O–H groups in total. The lowest BCUT2D eigenvalue weighted by atomic mass is 9.58. The molecule has 0 amide bonds. The van der Waals surface area contributed by atoms with Crippen LogP contribution in [0.25, 0.3) is 0 Å². The number of epoxide rings is 1. The average molecular weight is 396 g/mol. The molecule has 6 atom stereocenters. The molecule has 2 aliphatic rings. The van der Waals surface area contributed by atoms with Crippen molar-refractivity contribution in [2.24, 2.45) is 17.3 Å². The Labute approximate surface area is 164 Å². The van der Waals surface area contributed by atoms with Gasteiger partial charge in [-0.3, -0.25) is 0 Å². The van der Waals surface area contributed by atoms with E-state index >= 15 is 0 Å². The van der Waals surface area contributed by atoms with Crippen molar-refractivity contribution < 1.29 is 39.1 Å². The summed E-state index contributed by atoms with van der Waals surface area (Å²) in [4.78, 5) is 24.6. The molecule has 156 valence electrons. The van der Waals surface area contributed by atoms with E-state index in [1.165, 1.54) is 7.11 Å². The molecule has 1 saturated carbocycles. The Hall–Kier alpha value is -2.00. The number of hydrogen-bond acceptors (Lipinski definition) is 8. The minimum atomic E-state index is -1.40. The lowest BCUT2D eigenvalue weighted by Gasteiger charge is -2.50. The third kappa shape index (κ3) is 3.77. The van der Waals surface area contributed by atoms with Crippen molar-refractivity contribution in [2.45, 2.75) is 31.2 Å². The minimum absolute atomic E-state index is 0.0306. The van der Waals surface area contributed by atoms with Gasteiger partial charge < -0.3 is 29.5 Å². The number of allylic oxidation sites excluding steroid dienone is 1. The van der Waals surface area contributed by atoms with E-state index in [2.05, 4.69) is 19.7 Å². The highest BCUT2D eigenvalue weighted by atomic mass is 16.7. The van der Waals surface area contributed by atoms with Crippen LogP contribution >= 0.6 is 0 Å². The number of rotatable bonds is 8. The molecule has 1 aliphatic heterocycles. The van der Waals surface area contributed by atoms with Gasteiger partial charge in [-0.15, -0.1) is 6.58 Å². The van der Waals surface area contributed by atoms with Crippen LogP contribution in [0.5, 0.6) is 0 Å². The van der Waals surface area contributed by atoms with Gasteiger partial charge in [-0.05, 0) is 17.4 Å². The first-order valence-electron chi connectivity index (χ1n) is 8.94. The molecular formula is C20H28O8. The van der Waals surface area contributed by atoms with Crippen LogP contribution < -0.4 is 0 Å². The quantitative estimate of drug-likeness (QED) is 0.229. The first kappa shape index (κ1) is 22.3. The van der Waals surface area contributed by atoms with Crippen LogP contribution in [0.2, 0.25) is 0 Å². The molecule has 8 heteroatoms. The van der Waals surface area contributed by atoms with E-state index in [-0.39, 0.29) is 25.2 Å². The molecule has 0 aromatic carbocycles. The fourth-order valence-electron chi connectivity index (χ4n) is 3.94. The molecule has 1 aliphatic carbocycles. The van der Waals surface area contributed by atoms with Crippen LogP contribution in [-0.2, 0) is 23.8 Å². The van der Waals surface area contributed by atoms with E-state index in [9.17, 15) is 24.9 Å². The third-order valence-corrected chi connectivity index (χ3v) is 5.80. The standard InChI is InChI=1S/C20H28O8/c1-6-19(4)7-13(28-18(25)20(9-22)10-27-20)14(12(3)17(24)26-5)16(23)15(19)11(2)8-21/h6,13-16,21-23H,1-3,7-10H2,4-5H3/t13-,14+,15+,16-,19+,20+/m0/s1. The molecule has 0 aromatic heterocycles. The van der Waals surface area contributed by atoms with Crippen LogP contribution in [-0.4, -0.2) is 72.0 Å². The molecule has 0 aromatic rings. The molecule has 0 bridgehead atoms. The first-order valence-corrected chi connectivity index (χ1v) is 8.94. The molecule has 1 saturated heterocycles. The Balaban J connectivity index is 2.43. The van der Waals surface area contributed by atoms with Crippen LogP contribution in [0.15, 0.2) is 37.0 Å². The first-order chi connectivity index (χ1) is 13.1. The monoisotopic (exact) mass is 396 g/mol. The Kier molecular flexibility index (Phi) is 6.50. The van der Waals surface area contributed by atoms with Crippen molar-refractivity contribution in [1.29, 1.82) is 0 Å². The molecule has 2 fully saturated rings. The maximum atomic E-state index is 12.5. The second-order valence-corrected chi connectivity index (χ2v) is 7.63. The maximum Gasteiger partial charge on any atom is 0.343 e. The maximum absolute atomic E-state index is 12.5. The van der Waals surface area contributed by atoms with E-state index in [1.807, 2.05) is 0 Å². The predicted octanol–water partition coefficient (Wildman–Crippen LogP) is 0.126. The van der Waals surface area contributed by atoms with E-state index in [1.54, 1.807) is 13.0 Å². The summed E-state index contributed by atoms with van der Waals surface area (Å²) in [6.45, 7) is 12.3. The Morgan fingerprint density at radius 1 is 1.32 bits per heavy atom. The molecule has 28 heavy (non-hydrogen) atoms. The summed E-state index contributed by atoms with van der Waals surface area (Å²) in [6.07, 6.45) is -0.404. The molecule has 1 heterocycles. The van der Waals surface area contributed by atoms with E-state index in [0.29, 0.717) is 5.57 Å². The Morgan fingerprint density at radius 2 is 1.93 bits per heavy atom. The third-order valence-electron chi connectivity index (χ3n) is 5.80. The van der Waals surface area contributed by atoms with Crippen molar-refractivity contribution in [1.82, 2.24) is 0 Å². The summed E-state index contributed by atoms with van der Waals surface area (Å²) >= 11 is 0. The molecule has 0 unspecified atom stereocenters. The van der Waals surface area contributed by atoms with Crippen molar-refractivity contribution >= 4 is 11.9 Å². The van der Waals surface area contributed by atoms with Gasteiger partial charge in [-0.25, -0.2) is 9.59 Å². The highest BCUT2D eigenvalue weighted by Crippen LogP contribution is 2.50. The molecule has 2 rings (SSSR count). The number of esters is 2. The number of aliphatic hydroxyl groups excluding tert-OH is 3. The van der Waals surface area contributed by atoms with Gasteiger partial charge in [0.2, 0.25) is 5.60 Å². The molecule has 8 nitrogen and oxygen atoms in total. The van der Waals surface area contributed by atoms with Gasteiger partial charge in [0, 0.05) is 11.5 Å². The second kappa shape index (κ2) is 8.16. The zero-order chi connectivity index (χ0) is 21.3. The number of hydrogen-bond donors (Lipinski definition) is 3. The summed E-state index contributed by atoms with van der Waals surface area (Å²) in [5, 5.41) is 30.1. The van der Waals surface area contributed by atoms with Gasteiger partial charge in [0.25, 0.3) is 0 Å². The lowest BCUT2D eigenvalue weighted by Crippen LogP contribution is -2.55.